The van der Waals surface area contributed by atoms with Crippen molar-refractivity contribution in [3.63, 3.8) is 0 Å². The molecule has 1 aromatic carbocycles. The van der Waals surface area contributed by atoms with Crippen molar-refractivity contribution >= 4 is 15.5 Å². The minimum atomic E-state index is -4.59. The van der Waals surface area contributed by atoms with Gasteiger partial charge in [0, 0.05) is 45.3 Å². The first-order valence-electron chi connectivity index (χ1n) is 7.81. The van der Waals surface area contributed by atoms with E-state index < -0.39 is 15.6 Å². The van der Waals surface area contributed by atoms with Crippen molar-refractivity contribution in [2.45, 2.75) is 23.1 Å². The van der Waals surface area contributed by atoms with Crippen LogP contribution in [-0.2, 0) is 9.84 Å². The molecule has 0 saturated carbocycles. The number of hydrogen-bond donors (Lipinski definition) is 1. The number of anilines is 1. The Morgan fingerprint density at radius 3 is 2.52 bits per heavy atom. The zero-order valence-electron chi connectivity index (χ0n) is 12.8. The Labute approximate surface area is 135 Å². The van der Waals surface area contributed by atoms with Gasteiger partial charge in [-0.1, -0.05) is 12.1 Å². The molecule has 2 aliphatic rings. The fourth-order valence-corrected chi connectivity index (χ4v) is 4.31. The maximum absolute atomic E-state index is 12.9. The van der Waals surface area contributed by atoms with Gasteiger partial charge in [-0.05, 0) is 18.6 Å². The largest absolute Gasteiger partial charge is 0.369 e. The molecule has 0 aromatic heterocycles. The Kier molecular flexibility index (Phi) is 4.84. The van der Waals surface area contributed by atoms with Crippen LogP contribution in [0.1, 0.15) is 6.42 Å². The third-order valence-electron chi connectivity index (χ3n) is 4.58. The number of alkyl halides is 2. The number of piperazine rings is 1. The standard InChI is InChI=1S/C15H21F2N3O2S/c16-15(17)23(21,22)14-4-2-1-3-13(14)20-8-5-12(11-20)19-9-6-18-7-10-19/h1-4,12,15,18H,5-11H2. The Morgan fingerprint density at radius 2 is 1.83 bits per heavy atom. The molecule has 0 aliphatic carbocycles. The molecule has 2 saturated heterocycles. The molecule has 1 atom stereocenters. The summed E-state index contributed by atoms with van der Waals surface area (Å²) in [5, 5.41) is 3.30. The molecule has 2 fully saturated rings. The van der Waals surface area contributed by atoms with Gasteiger partial charge < -0.3 is 10.2 Å². The van der Waals surface area contributed by atoms with E-state index in [-0.39, 0.29) is 4.90 Å². The van der Waals surface area contributed by atoms with Gasteiger partial charge in [0.25, 0.3) is 0 Å². The average molecular weight is 345 g/mol. The number of rotatable bonds is 4. The maximum Gasteiger partial charge on any atom is 0.341 e. The third-order valence-corrected chi connectivity index (χ3v) is 6.01. The van der Waals surface area contributed by atoms with E-state index in [2.05, 4.69) is 10.2 Å². The van der Waals surface area contributed by atoms with Crippen molar-refractivity contribution in [2.24, 2.45) is 0 Å². The summed E-state index contributed by atoms with van der Waals surface area (Å²) < 4.78 is 49.6. The second-order valence-corrected chi connectivity index (χ2v) is 7.83. The fraction of sp³-hybridized carbons (Fsp3) is 0.600. The molecule has 0 radical (unpaired) electrons. The van der Waals surface area contributed by atoms with Crippen LogP contribution in [0.25, 0.3) is 0 Å². The van der Waals surface area contributed by atoms with Crippen molar-refractivity contribution in [1.29, 1.82) is 0 Å². The van der Waals surface area contributed by atoms with Crippen LogP contribution in [-0.4, -0.2) is 64.4 Å². The quantitative estimate of drug-likeness (QED) is 0.888. The summed E-state index contributed by atoms with van der Waals surface area (Å²) in [6.07, 6.45) is 0.920. The number of benzene rings is 1. The highest BCUT2D eigenvalue weighted by Gasteiger charge is 2.34. The van der Waals surface area contributed by atoms with Gasteiger partial charge >= 0.3 is 5.76 Å². The highest BCUT2D eigenvalue weighted by molar-refractivity contribution is 7.91. The van der Waals surface area contributed by atoms with E-state index in [0.29, 0.717) is 24.8 Å². The van der Waals surface area contributed by atoms with Gasteiger partial charge in [0.15, 0.2) is 0 Å². The summed E-state index contributed by atoms with van der Waals surface area (Å²) >= 11 is 0. The zero-order chi connectivity index (χ0) is 16.4. The van der Waals surface area contributed by atoms with Crippen LogP contribution in [0.15, 0.2) is 29.2 Å². The molecule has 3 rings (SSSR count). The number of nitrogens with one attached hydrogen (secondary N) is 1. The highest BCUT2D eigenvalue weighted by atomic mass is 32.2. The molecule has 128 valence electrons. The Hall–Kier alpha value is -1.25. The van der Waals surface area contributed by atoms with Crippen LogP contribution >= 0.6 is 0 Å². The monoisotopic (exact) mass is 345 g/mol. The van der Waals surface area contributed by atoms with Crippen molar-refractivity contribution in [3.8, 4) is 0 Å². The molecule has 5 nitrogen and oxygen atoms in total. The lowest BCUT2D eigenvalue weighted by Gasteiger charge is -2.33. The lowest BCUT2D eigenvalue weighted by Crippen LogP contribution is -2.49. The normalized spacial score (nSPS) is 23.6. The van der Waals surface area contributed by atoms with Crippen LogP contribution in [0.4, 0.5) is 14.5 Å². The van der Waals surface area contributed by atoms with Gasteiger partial charge in [-0.15, -0.1) is 0 Å². The topological polar surface area (TPSA) is 52.7 Å². The maximum atomic E-state index is 12.9. The van der Waals surface area contributed by atoms with Crippen LogP contribution in [0.2, 0.25) is 0 Å². The third kappa shape index (κ3) is 3.34. The Morgan fingerprint density at radius 1 is 1.13 bits per heavy atom. The predicted molar refractivity (Wildman–Crippen MR) is 84.7 cm³/mol. The van der Waals surface area contributed by atoms with Gasteiger partial charge in [0.1, 0.15) is 0 Å². The summed E-state index contributed by atoms with van der Waals surface area (Å²) in [5.74, 6) is -3.39. The first-order chi connectivity index (χ1) is 11.0. The predicted octanol–water partition coefficient (Wildman–Crippen LogP) is 1.17. The first kappa shape index (κ1) is 16.6. The molecule has 0 spiro atoms. The van der Waals surface area contributed by atoms with Gasteiger partial charge in [0.2, 0.25) is 9.84 Å². The van der Waals surface area contributed by atoms with Gasteiger partial charge in [-0.3, -0.25) is 4.90 Å². The molecule has 1 N–H and O–H groups in total. The second kappa shape index (κ2) is 6.70. The molecular weight excluding hydrogens is 324 g/mol. The van der Waals surface area contributed by atoms with Crippen molar-refractivity contribution in [2.75, 3.05) is 44.2 Å². The minimum Gasteiger partial charge on any atom is -0.369 e. The Balaban J connectivity index is 1.81. The summed E-state index contributed by atoms with van der Waals surface area (Å²) in [6.45, 7) is 5.20. The van der Waals surface area contributed by atoms with E-state index in [1.165, 1.54) is 12.1 Å². The summed E-state index contributed by atoms with van der Waals surface area (Å²) in [5.41, 5.74) is 0.394. The van der Waals surface area contributed by atoms with E-state index in [0.717, 1.165) is 32.6 Å². The van der Waals surface area contributed by atoms with Crippen LogP contribution in [0.3, 0.4) is 0 Å². The lowest BCUT2D eigenvalue weighted by molar-refractivity contribution is 0.185. The number of sulfone groups is 1. The van der Waals surface area contributed by atoms with E-state index in [4.69, 9.17) is 0 Å². The summed E-state index contributed by atoms with van der Waals surface area (Å²) in [6, 6.07) is 6.42. The van der Waals surface area contributed by atoms with Crippen LogP contribution < -0.4 is 10.2 Å². The number of nitrogens with zero attached hydrogens (tertiary/aromatic N) is 2. The molecule has 0 bridgehead atoms. The average Bonchev–Trinajstić information content (AvgIpc) is 3.05. The van der Waals surface area contributed by atoms with E-state index in [1.54, 1.807) is 12.1 Å². The summed E-state index contributed by atoms with van der Waals surface area (Å²) in [4.78, 5) is 4.04. The molecular formula is C15H21F2N3O2S. The van der Waals surface area contributed by atoms with Crippen molar-refractivity contribution in [3.05, 3.63) is 24.3 Å². The van der Waals surface area contributed by atoms with Gasteiger partial charge in [0.05, 0.1) is 10.6 Å². The lowest BCUT2D eigenvalue weighted by atomic mass is 10.2. The Bertz CT molecular complexity index is 648. The molecule has 8 heteroatoms. The molecule has 1 aromatic rings. The number of hydrogen-bond acceptors (Lipinski definition) is 5. The van der Waals surface area contributed by atoms with Crippen molar-refractivity contribution in [1.82, 2.24) is 10.2 Å². The fourth-order valence-electron chi connectivity index (χ4n) is 3.36. The highest BCUT2D eigenvalue weighted by Crippen LogP contribution is 2.32. The van der Waals surface area contributed by atoms with E-state index in [1.807, 2.05) is 4.90 Å². The molecule has 0 amide bonds. The van der Waals surface area contributed by atoms with Crippen LogP contribution in [0.5, 0.6) is 0 Å². The minimum absolute atomic E-state index is 0.268. The van der Waals surface area contributed by atoms with Gasteiger partial charge in [-0.2, -0.15) is 8.78 Å². The SMILES string of the molecule is O=S(=O)(c1ccccc1N1CCC(N2CCNCC2)C1)C(F)F. The summed E-state index contributed by atoms with van der Waals surface area (Å²) in [7, 11) is -4.59. The number of halogens is 2. The number of para-hydroxylation sites is 1. The van der Waals surface area contributed by atoms with E-state index >= 15 is 0 Å². The van der Waals surface area contributed by atoms with Gasteiger partial charge in [-0.25, -0.2) is 8.42 Å². The first-order valence-corrected chi connectivity index (χ1v) is 9.35. The molecule has 1 unspecified atom stereocenters. The van der Waals surface area contributed by atoms with Crippen molar-refractivity contribution < 1.29 is 17.2 Å². The van der Waals surface area contributed by atoms with Crippen LogP contribution in [0, 0.1) is 0 Å². The molecule has 2 heterocycles. The zero-order valence-corrected chi connectivity index (χ0v) is 13.6. The molecule has 2 aliphatic heterocycles. The smallest absolute Gasteiger partial charge is 0.341 e. The molecule has 23 heavy (non-hydrogen) atoms. The van der Waals surface area contributed by atoms with E-state index in [9.17, 15) is 17.2 Å². The second-order valence-electron chi connectivity index (χ2n) is 5.95.